The maximum Gasteiger partial charge on any atom is 0.186 e. The van der Waals surface area contributed by atoms with E-state index in [-0.39, 0.29) is 40.1 Å². The van der Waals surface area contributed by atoms with Gasteiger partial charge >= 0.3 is 0 Å². The summed E-state index contributed by atoms with van der Waals surface area (Å²) in [5.74, 6) is 0.0498. The molecule has 8 atom stereocenters. The molecular weight excluding hydrogens is 476 g/mol. The number of benzene rings is 1. The first-order valence-electron chi connectivity index (χ1n) is 14.0. The SMILES string of the molecule is COC[C@]12CC[C@@](C)(O)C[C@H]1CC[C@H]1[C@@H]3CC[C@H](C(=O)Cn4nnc5ccc(F)c(F)c54)[C@@]3(C)CC[C@@H]12. The maximum atomic E-state index is 14.5. The maximum absolute atomic E-state index is 14.5. The number of Topliss-reactive ketones (excluding diaryl/α,β-unsaturated/α-hetero) is 1. The Morgan fingerprint density at radius 3 is 2.70 bits per heavy atom. The lowest BCUT2D eigenvalue weighted by Crippen LogP contribution is -2.58. The predicted octanol–water partition coefficient (Wildman–Crippen LogP) is 5.32. The molecule has 4 saturated carbocycles. The van der Waals surface area contributed by atoms with Crippen molar-refractivity contribution in [3.63, 3.8) is 0 Å². The summed E-state index contributed by atoms with van der Waals surface area (Å²) < 4.78 is 35.5. The quantitative estimate of drug-likeness (QED) is 0.584. The van der Waals surface area contributed by atoms with E-state index in [0.717, 1.165) is 70.5 Å². The van der Waals surface area contributed by atoms with Gasteiger partial charge in [-0.2, -0.15) is 0 Å². The first-order chi connectivity index (χ1) is 17.6. The average molecular weight is 516 g/mol. The molecule has 2 aromatic rings. The predicted molar refractivity (Wildman–Crippen MR) is 134 cm³/mol. The molecule has 0 aliphatic heterocycles. The summed E-state index contributed by atoms with van der Waals surface area (Å²) in [6.45, 7) is 4.95. The van der Waals surface area contributed by atoms with E-state index in [0.29, 0.717) is 23.7 Å². The van der Waals surface area contributed by atoms with Gasteiger partial charge in [-0.15, -0.1) is 5.10 Å². The standard InChI is InChI=1S/C29H39F2N3O3/c1-27(36)12-13-29(16-37-3)17(14-27)4-5-18-19-6-7-21(28(19,2)11-10-20(18)29)24(35)15-34-26-23(32-33-34)9-8-22(30)25(26)31/h8-9,17-21,36H,4-7,10-16H2,1-3H3/t17-,18+,19+,20+,21-,27-,28+,29-/m1/s1. The van der Waals surface area contributed by atoms with Crippen LogP contribution in [0, 0.1) is 52.1 Å². The summed E-state index contributed by atoms with van der Waals surface area (Å²) >= 11 is 0. The third-order valence-electron chi connectivity index (χ3n) is 11.3. The number of methoxy groups -OCH3 is 1. The summed E-state index contributed by atoms with van der Waals surface area (Å²) in [6.07, 6.45) is 8.88. The Bertz CT molecular complexity index is 1210. The molecular formula is C29H39F2N3O3. The van der Waals surface area contributed by atoms with Crippen molar-refractivity contribution in [2.45, 2.75) is 83.8 Å². The van der Waals surface area contributed by atoms with Gasteiger partial charge in [0.2, 0.25) is 0 Å². The topological polar surface area (TPSA) is 77.2 Å². The molecule has 0 unspecified atom stereocenters. The Balaban J connectivity index is 1.25. The van der Waals surface area contributed by atoms with Crippen LogP contribution in [0.4, 0.5) is 8.78 Å². The lowest BCUT2D eigenvalue weighted by atomic mass is 9.43. The minimum atomic E-state index is -1.00. The van der Waals surface area contributed by atoms with Gasteiger partial charge < -0.3 is 9.84 Å². The number of ketones is 1. The Morgan fingerprint density at radius 1 is 1.11 bits per heavy atom. The molecule has 0 saturated heterocycles. The van der Waals surface area contributed by atoms with Crippen LogP contribution < -0.4 is 0 Å². The molecule has 202 valence electrons. The number of nitrogens with zero attached hydrogens (tertiary/aromatic N) is 3. The van der Waals surface area contributed by atoms with Gasteiger partial charge in [0.05, 0.1) is 12.2 Å². The van der Waals surface area contributed by atoms with Crippen molar-refractivity contribution >= 4 is 16.8 Å². The molecule has 0 amide bonds. The zero-order chi connectivity index (χ0) is 26.2. The molecule has 4 aliphatic carbocycles. The number of fused-ring (bicyclic) bond motifs is 6. The molecule has 1 heterocycles. The molecule has 1 aromatic heterocycles. The van der Waals surface area contributed by atoms with E-state index in [1.807, 2.05) is 14.0 Å². The molecule has 6 nitrogen and oxygen atoms in total. The van der Waals surface area contributed by atoms with Crippen molar-refractivity contribution in [1.29, 1.82) is 0 Å². The van der Waals surface area contributed by atoms with Crippen LogP contribution in [-0.4, -0.2) is 45.2 Å². The van der Waals surface area contributed by atoms with Crippen molar-refractivity contribution in [2.75, 3.05) is 13.7 Å². The summed E-state index contributed by atoms with van der Waals surface area (Å²) in [5, 5.41) is 18.8. The van der Waals surface area contributed by atoms with Gasteiger partial charge in [-0.25, -0.2) is 13.5 Å². The number of halogens is 2. The Labute approximate surface area is 217 Å². The van der Waals surface area contributed by atoms with Crippen LogP contribution >= 0.6 is 0 Å². The van der Waals surface area contributed by atoms with Crippen LogP contribution in [-0.2, 0) is 16.1 Å². The lowest BCUT2D eigenvalue weighted by Gasteiger charge is -2.62. The highest BCUT2D eigenvalue weighted by atomic mass is 19.2. The van der Waals surface area contributed by atoms with Crippen LogP contribution in [0.15, 0.2) is 12.1 Å². The second-order valence-corrected chi connectivity index (χ2v) is 13.1. The van der Waals surface area contributed by atoms with Crippen molar-refractivity contribution in [3.05, 3.63) is 23.8 Å². The summed E-state index contributed by atoms with van der Waals surface area (Å²) in [5.41, 5.74) is -0.347. The van der Waals surface area contributed by atoms with Crippen molar-refractivity contribution in [2.24, 2.45) is 40.4 Å². The minimum absolute atomic E-state index is 0.0373. The third-order valence-corrected chi connectivity index (χ3v) is 11.3. The summed E-state index contributed by atoms with van der Waals surface area (Å²) in [7, 11) is 1.81. The monoisotopic (exact) mass is 515 g/mol. The van der Waals surface area contributed by atoms with Gasteiger partial charge in [0.1, 0.15) is 17.6 Å². The van der Waals surface area contributed by atoms with Gasteiger partial charge in [0, 0.05) is 13.0 Å². The molecule has 0 radical (unpaired) electrons. The lowest BCUT2D eigenvalue weighted by molar-refractivity contribution is -0.175. The number of hydrogen-bond acceptors (Lipinski definition) is 5. The highest BCUT2D eigenvalue weighted by Crippen LogP contribution is 2.68. The number of aromatic nitrogens is 3. The van der Waals surface area contributed by atoms with E-state index in [4.69, 9.17) is 4.74 Å². The van der Waals surface area contributed by atoms with E-state index >= 15 is 0 Å². The van der Waals surface area contributed by atoms with E-state index in [1.54, 1.807) is 0 Å². The van der Waals surface area contributed by atoms with Gasteiger partial charge in [-0.1, -0.05) is 12.1 Å². The van der Waals surface area contributed by atoms with Crippen molar-refractivity contribution < 1.29 is 23.4 Å². The zero-order valence-electron chi connectivity index (χ0n) is 22.2. The van der Waals surface area contributed by atoms with Crippen LogP contribution in [0.1, 0.15) is 71.6 Å². The van der Waals surface area contributed by atoms with Crippen LogP contribution in [0.25, 0.3) is 11.0 Å². The molecule has 4 fully saturated rings. The van der Waals surface area contributed by atoms with Gasteiger partial charge in [-0.3, -0.25) is 4.79 Å². The number of carbonyl (C=O) groups is 1. The first kappa shape index (κ1) is 25.4. The summed E-state index contributed by atoms with van der Waals surface area (Å²) in [4.78, 5) is 13.7. The highest BCUT2D eigenvalue weighted by molar-refractivity contribution is 5.84. The number of carbonyl (C=O) groups excluding carboxylic acids is 1. The van der Waals surface area contributed by atoms with Crippen LogP contribution in [0.5, 0.6) is 0 Å². The molecule has 4 aliphatic rings. The number of hydrogen-bond donors (Lipinski definition) is 1. The fourth-order valence-corrected chi connectivity index (χ4v) is 9.68. The highest BCUT2D eigenvalue weighted by Gasteiger charge is 2.63. The number of ether oxygens (including phenoxy) is 1. The molecule has 1 N–H and O–H groups in total. The fourth-order valence-electron chi connectivity index (χ4n) is 9.68. The van der Waals surface area contributed by atoms with Gasteiger partial charge in [0.15, 0.2) is 17.4 Å². The molecule has 1 aromatic carbocycles. The van der Waals surface area contributed by atoms with E-state index in [9.17, 15) is 18.7 Å². The first-order valence-corrected chi connectivity index (χ1v) is 14.0. The normalized spacial score (nSPS) is 41.3. The molecule has 8 heteroatoms. The van der Waals surface area contributed by atoms with Crippen molar-refractivity contribution in [3.8, 4) is 0 Å². The van der Waals surface area contributed by atoms with Crippen molar-refractivity contribution in [1.82, 2.24) is 15.0 Å². The van der Waals surface area contributed by atoms with Gasteiger partial charge in [-0.05, 0) is 111 Å². The third kappa shape index (κ3) is 3.80. The molecule has 6 rings (SSSR count). The largest absolute Gasteiger partial charge is 0.390 e. The van der Waals surface area contributed by atoms with Crippen LogP contribution in [0.2, 0.25) is 0 Å². The molecule has 37 heavy (non-hydrogen) atoms. The molecule has 0 spiro atoms. The molecule has 0 bridgehead atoms. The number of rotatable bonds is 5. The van der Waals surface area contributed by atoms with Crippen LogP contribution in [0.3, 0.4) is 0 Å². The zero-order valence-corrected chi connectivity index (χ0v) is 22.2. The second-order valence-electron chi connectivity index (χ2n) is 13.1. The Hall–Kier alpha value is -1.93. The van der Waals surface area contributed by atoms with E-state index in [2.05, 4.69) is 17.2 Å². The van der Waals surface area contributed by atoms with E-state index < -0.39 is 17.2 Å². The second kappa shape index (κ2) is 8.80. The Morgan fingerprint density at radius 2 is 1.92 bits per heavy atom. The smallest absolute Gasteiger partial charge is 0.186 e. The average Bonchev–Trinajstić information content (AvgIpc) is 3.42. The Kier molecular flexibility index (Phi) is 6.03. The number of aliphatic hydroxyl groups is 1. The van der Waals surface area contributed by atoms with Gasteiger partial charge in [0.25, 0.3) is 0 Å². The van der Waals surface area contributed by atoms with E-state index in [1.165, 1.54) is 10.7 Å². The summed E-state index contributed by atoms with van der Waals surface area (Å²) in [6, 6.07) is 2.44. The fraction of sp³-hybridized carbons (Fsp3) is 0.759. The minimum Gasteiger partial charge on any atom is -0.390 e.